The third kappa shape index (κ3) is 5.71. The summed E-state index contributed by atoms with van der Waals surface area (Å²) < 4.78 is 6.28. The van der Waals surface area contributed by atoms with Gasteiger partial charge in [0.05, 0.1) is 11.8 Å². The van der Waals surface area contributed by atoms with Crippen molar-refractivity contribution in [2.24, 2.45) is 10.9 Å². The van der Waals surface area contributed by atoms with Crippen LogP contribution in [0.25, 0.3) is 0 Å². The number of benzene rings is 2. The van der Waals surface area contributed by atoms with Crippen molar-refractivity contribution in [1.82, 2.24) is 0 Å². The highest BCUT2D eigenvalue weighted by atomic mass is 35.5. The van der Waals surface area contributed by atoms with Crippen LogP contribution in [-0.2, 0) is 6.42 Å². The molecule has 0 unspecified atom stereocenters. The van der Waals surface area contributed by atoms with Gasteiger partial charge in [0.2, 0.25) is 0 Å². The van der Waals surface area contributed by atoms with E-state index in [1.165, 1.54) is 11.1 Å². The molecule has 0 aromatic heterocycles. The van der Waals surface area contributed by atoms with Crippen LogP contribution in [0.5, 0.6) is 5.75 Å². The summed E-state index contributed by atoms with van der Waals surface area (Å²) in [7, 11) is 1.90. The molecule has 1 saturated carbocycles. The van der Waals surface area contributed by atoms with Crippen LogP contribution in [0.15, 0.2) is 59.7 Å². The molecule has 3 nitrogen and oxygen atoms in total. The fourth-order valence-corrected chi connectivity index (χ4v) is 4.65. The molecule has 0 bridgehead atoms. The maximum absolute atomic E-state index is 6.28. The predicted octanol–water partition coefficient (Wildman–Crippen LogP) is 7.61. The number of aryl methyl sites for hydroxylation is 2. The number of aliphatic imine (C=N–C) groups is 1. The molecule has 0 amide bonds. The summed E-state index contributed by atoms with van der Waals surface area (Å²) in [5.41, 5.74) is 4.67. The molecule has 4 heteroatoms. The minimum atomic E-state index is 0.265. The van der Waals surface area contributed by atoms with Gasteiger partial charge in [-0.3, -0.25) is 4.99 Å². The van der Waals surface area contributed by atoms with Crippen molar-refractivity contribution in [1.29, 1.82) is 0 Å². The number of allylic oxidation sites excluding steroid dienone is 1. The van der Waals surface area contributed by atoms with E-state index in [1.54, 1.807) is 0 Å². The van der Waals surface area contributed by atoms with Crippen molar-refractivity contribution in [2.75, 3.05) is 11.9 Å². The Labute approximate surface area is 192 Å². The molecule has 3 rings (SSSR count). The Morgan fingerprint density at radius 3 is 2.48 bits per heavy atom. The Balaban J connectivity index is 1.77. The van der Waals surface area contributed by atoms with E-state index in [0.717, 1.165) is 66.5 Å². The molecular weight excluding hydrogens is 404 g/mol. The van der Waals surface area contributed by atoms with Crippen molar-refractivity contribution >= 4 is 23.1 Å². The second-order valence-electron chi connectivity index (χ2n) is 8.37. The number of nitrogens with zero attached hydrogens (tertiary/aromatic N) is 2. The summed E-state index contributed by atoms with van der Waals surface area (Å²) in [5.74, 6) is 2.48. The minimum Gasteiger partial charge on any atom is -0.490 e. The lowest BCUT2D eigenvalue weighted by Gasteiger charge is -2.36. The molecule has 2 aromatic carbocycles. The number of amidine groups is 1. The summed E-state index contributed by atoms with van der Waals surface area (Å²) in [6.45, 7) is 10.8. The predicted molar refractivity (Wildman–Crippen MR) is 134 cm³/mol. The van der Waals surface area contributed by atoms with Crippen molar-refractivity contribution in [2.45, 2.75) is 65.4 Å². The molecule has 1 aliphatic carbocycles. The van der Waals surface area contributed by atoms with Gasteiger partial charge in [0.1, 0.15) is 11.6 Å². The van der Waals surface area contributed by atoms with Crippen LogP contribution in [0, 0.1) is 12.8 Å². The van der Waals surface area contributed by atoms with Crippen LogP contribution in [0.2, 0.25) is 5.02 Å². The Bertz CT molecular complexity index is 929. The normalized spacial score (nSPS) is 19.2. The smallest absolute Gasteiger partial charge is 0.119 e. The summed E-state index contributed by atoms with van der Waals surface area (Å²) in [5, 5.41) is 0.770. The van der Waals surface area contributed by atoms with Crippen molar-refractivity contribution < 1.29 is 4.74 Å². The van der Waals surface area contributed by atoms with Gasteiger partial charge in [-0.25, -0.2) is 0 Å². The SMILES string of the molecule is C=C(CC)N(C(=NC)C1CCC(Oc2cccc(C)c2)CC1)c1ccc(Cl)cc1CC. The number of ether oxygens (including phenoxy) is 1. The highest BCUT2D eigenvalue weighted by Crippen LogP contribution is 2.35. The van der Waals surface area contributed by atoms with Gasteiger partial charge in [-0.2, -0.15) is 0 Å². The van der Waals surface area contributed by atoms with E-state index < -0.39 is 0 Å². The van der Waals surface area contributed by atoms with Crippen LogP contribution < -0.4 is 9.64 Å². The van der Waals surface area contributed by atoms with Crippen molar-refractivity contribution in [3.63, 3.8) is 0 Å². The molecule has 0 spiro atoms. The average molecular weight is 439 g/mol. The molecule has 0 atom stereocenters. The molecule has 1 aliphatic rings. The second kappa shape index (κ2) is 10.9. The van der Waals surface area contributed by atoms with Crippen LogP contribution in [-0.4, -0.2) is 19.0 Å². The number of halogens is 1. The first kappa shape index (κ1) is 23.4. The van der Waals surface area contributed by atoms with Crippen molar-refractivity contribution in [3.05, 3.63) is 70.9 Å². The first-order valence-corrected chi connectivity index (χ1v) is 11.8. The van der Waals surface area contributed by atoms with Gasteiger partial charge >= 0.3 is 0 Å². The van der Waals surface area contributed by atoms with Gasteiger partial charge in [0.25, 0.3) is 0 Å². The van der Waals surface area contributed by atoms with E-state index in [1.807, 2.05) is 13.1 Å². The quantitative estimate of drug-likeness (QED) is 0.328. The fraction of sp³-hybridized carbons (Fsp3) is 0.444. The average Bonchev–Trinajstić information content (AvgIpc) is 2.78. The summed E-state index contributed by atoms with van der Waals surface area (Å²) in [6.07, 6.45) is 6.24. The monoisotopic (exact) mass is 438 g/mol. The highest BCUT2D eigenvalue weighted by molar-refractivity contribution is 6.30. The maximum atomic E-state index is 6.28. The van der Waals surface area contributed by atoms with Crippen LogP contribution in [0.3, 0.4) is 0 Å². The molecular formula is C27H35ClN2O. The van der Waals surface area contributed by atoms with E-state index >= 15 is 0 Å². The topological polar surface area (TPSA) is 24.8 Å². The molecule has 0 aliphatic heterocycles. The van der Waals surface area contributed by atoms with Crippen molar-refractivity contribution in [3.8, 4) is 5.75 Å². The standard InChI is InChI=1S/C27H35ClN2O/c1-6-20(4)30(26-16-13-23(28)18-21(26)7-2)27(29-5)22-11-14-24(15-12-22)31-25-10-8-9-19(3)17-25/h8-10,13,16-18,22,24H,4,6-7,11-12,14-15H2,1-3,5H3. The van der Waals surface area contributed by atoms with E-state index in [4.69, 9.17) is 21.3 Å². The Kier molecular flexibility index (Phi) is 8.20. The first-order valence-electron chi connectivity index (χ1n) is 11.4. The zero-order chi connectivity index (χ0) is 22.4. The Morgan fingerprint density at radius 1 is 1.13 bits per heavy atom. The first-order chi connectivity index (χ1) is 15.0. The molecule has 1 fully saturated rings. The number of hydrogen-bond acceptors (Lipinski definition) is 2. The molecule has 0 saturated heterocycles. The summed E-state index contributed by atoms with van der Waals surface area (Å²) in [4.78, 5) is 7.06. The zero-order valence-corrected chi connectivity index (χ0v) is 20.1. The van der Waals surface area contributed by atoms with Gasteiger partial charge in [0.15, 0.2) is 0 Å². The van der Waals surface area contributed by atoms with Gasteiger partial charge in [-0.05, 0) is 86.9 Å². The van der Waals surface area contributed by atoms with E-state index in [0.29, 0.717) is 5.92 Å². The third-order valence-corrected chi connectivity index (χ3v) is 6.41. The molecule has 166 valence electrons. The van der Waals surface area contributed by atoms with Crippen LogP contribution in [0.4, 0.5) is 5.69 Å². The zero-order valence-electron chi connectivity index (χ0n) is 19.3. The minimum absolute atomic E-state index is 0.265. The molecule has 0 N–H and O–H groups in total. The highest BCUT2D eigenvalue weighted by Gasteiger charge is 2.30. The van der Waals surface area contributed by atoms with E-state index in [-0.39, 0.29) is 6.10 Å². The van der Waals surface area contributed by atoms with Gasteiger partial charge in [0, 0.05) is 23.7 Å². The van der Waals surface area contributed by atoms with Gasteiger partial charge in [-0.1, -0.05) is 44.2 Å². The lowest BCUT2D eigenvalue weighted by Crippen LogP contribution is -2.39. The van der Waals surface area contributed by atoms with E-state index in [9.17, 15) is 0 Å². The molecule has 2 aromatic rings. The molecule has 0 radical (unpaired) electrons. The maximum Gasteiger partial charge on any atom is 0.119 e. The summed E-state index contributed by atoms with van der Waals surface area (Å²) in [6, 6.07) is 14.5. The number of hydrogen-bond donors (Lipinski definition) is 0. The molecule has 31 heavy (non-hydrogen) atoms. The largest absolute Gasteiger partial charge is 0.490 e. The van der Waals surface area contributed by atoms with Gasteiger partial charge in [-0.15, -0.1) is 0 Å². The lowest BCUT2D eigenvalue weighted by atomic mass is 9.85. The van der Waals surface area contributed by atoms with E-state index in [2.05, 4.69) is 68.6 Å². The van der Waals surface area contributed by atoms with Crippen LogP contribution >= 0.6 is 11.6 Å². The third-order valence-electron chi connectivity index (χ3n) is 6.18. The summed E-state index contributed by atoms with van der Waals surface area (Å²) >= 11 is 6.28. The number of rotatable bonds is 7. The second-order valence-corrected chi connectivity index (χ2v) is 8.81. The Hall–Kier alpha value is -2.26. The van der Waals surface area contributed by atoms with Gasteiger partial charge < -0.3 is 9.64 Å². The number of anilines is 1. The Morgan fingerprint density at radius 2 is 1.87 bits per heavy atom. The molecule has 0 heterocycles. The fourth-order valence-electron chi connectivity index (χ4n) is 4.45. The van der Waals surface area contributed by atoms with Crippen LogP contribution in [0.1, 0.15) is 57.1 Å². The lowest BCUT2D eigenvalue weighted by molar-refractivity contribution is 0.144.